The summed E-state index contributed by atoms with van der Waals surface area (Å²) in [5, 5.41) is 8.11. The number of rotatable bonds is 6. The fraction of sp³-hybridized carbons (Fsp3) is 0.529. The van der Waals surface area contributed by atoms with Gasteiger partial charge in [-0.1, -0.05) is 18.2 Å². The van der Waals surface area contributed by atoms with Crippen molar-refractivity contribution in [1.29, 1.82) is 0 Å². The highest BCUT2D eigenvalue weighted by Gasteiger charge is 2.47. The van der Waals surface area contributed by atoms with E-state index in [1.165, 1.54) is 0 Å². The largest absolute Gasteiger partial charge is 0.420 e. The second-order valence-corrected chi connectivity index (χ2v) is 8.91. The van der Waals surface area contributed by atoms with Gasteiger partial charge in [-0.25, -0.2) is 12.7 Å². The van der Waals surface area contributed by atoms with Crippen molar-refractivity contribution < 1.29 is 17.6 Å². The van der Waals surface area contributed by atoms with Gasteiger partial charge < -0.3 is 9.15 Å². The van der Waals surface area contributed by atoms with Crippen molar-refractivity contribution in [3.8, 4) is 11.5 Å². The lowest BCUT2D eigenvalue weighted by Crippen LogP contribution is -2.32. The number of benzene rings is 1. The van der Waals surface area contributed by atoms with E-state index in [-0.39, 0.29) is 17.1 Å². The van der Waals surface area contributed by atoms with E-state index in [0.717, 1.165) is 18.4 Å². The standard InChI is InChI=1S/C17H21N3O4S/c1-23-11-13-9-20(25(21,22)14-7-8-14)10-15(13)17-19-18-16(24-17)12-5-3-2-4-6-12/h2-6,13-15H,7-11H2,1H3/t13-,15+/m0/s1. The van der Waals surface area contributed by atoms with E-state index in [1.807, 2.05) is 30.3 Å². The molecule has 7 nitrogen and oxygen atoms in total. The van der Waals surface area contributed by atoms with E-state index in [1.54, 1.807) is 11.4 Å². The Bertz CT molecular complexity index is 833. The predicted molar refractivity (Wildman–Crippen MR) is 91.4 cm³/mol. The van der Waals surface area contributed by atoms with Gasteiger partial charge in [0.2, 0.25) is 21.8 Å². The van der Waals surface area contributed by atoms with Gasteiger partial charge in [-0.15, -0.1) is 10.2 Å². The molecule has 2 atom stereocenters. The molecule has 2 fully saturated rings. The molecule has 1 aromatic heterocycles. The molecule has 0 spiro atoms. The van der Waals surface area contributed by atoms with E-state index in [9.17, 15) is 8.42 Å². The fourth-order valence-corrected chi connectivity index (χ4v) is 5.28. The van der Waals surface area contributed by atoms with E-state index >= 15 is 0 Å². The quantitative estimate of drug-likeness (QED) is 0.779. The molecule has 2 aromatic rings. The van der Waals surface area contributed by atoms with Crippen LogP contribution in [-0.2, 0) is 14.8 Å². The molecule has 2 aliphatic rings. The Morgan fingerprint density at radius 1 is 1.20 bits per heavy atom. The first-order valence-electron chi connectivity index (χ1n) is 8.46. The van der Waals surface area contributed by atoms with Crippen molar-refractivity contribution >= 4 is 10.0 Å². The zero-order valence-corrected chi connectivity index (χ0v) is 14.9. The molecule has 134 valence electrons. The van der Waals surface area contributed by atoms with Gasteiger partial charge in [-0.3, -0.25) is 0 Å². The normalized spacial score (nSPS) is 24.7. The molecule has 0 amide bonds. The molecule has 0 bridgehead atoms. The van der Waals surface area contributed by atoms with Crippen molar-refractivity contribution in [2.75, 3.05) is 26.8 Å². The summed E-state index contributed by atoms with van der Waals surface area (Å²) in [5.41, 5.74) is 0.852. The van der Waals surface area contributed by atoms with Gasteiger partial charge in [-0.05, 0) is 25.0 Å². The third-order valence-corrected chi connectivity index (χ3v) is 7.20. The van der Waals surface area contributed by atoms with Crippen LogP contribution in [0.2, 0.25) is 0 Å². The Morgan fingerprint density at radius 2 is 1.96 bits per heavy atom. The average Bonchev–Trinajstić information content (AvgIpc) is 3.23. The lowest BCUT2D eigenvalue weighted by molar-refractivity contribution is 0.147. The van der Waals surface area contributed by atoms with Crippen molar-refractivity contribution in [3.63, 3.8) is 0 Å². The molecular formula is C17H21N3O4S. The molecule has 25 heavy (non-hydrogen) atoms. The Hall–Kier alpha value is -1.77. The Kier molecular flexibility index (Phi) is 4.35. The molecular weight excluding hydrogens is 342 g/mol. The average molecular weight is 363 g/mol. The third-order valence-electron chi connectivity index (χ3n) is 4.87. The van der Waals surface area contributed by atoms with Gasteiger partial charge >= 0.3 is 0 Å². The second kappa shape index (κ2) is 6.51. The molecule has 1 saturated heterocycles. The van der Waals surface area contributed by atoms with Gasteiger partial charge in [0.1, 0.15) is 0 Å². The van der Waals surface area contributed by atoms with Gasteiger partial charge in [0, 0.05) is 31.7 Å². The fourth-order valence-electron chi connectivity index (χ4n) is 3.36. The summed E-state index contributed by atoms with van der Waals surface area (Å²) in [6.07, 6.45) is 1.52. The van der Waals surface area contributed by atoms with Crippen LogP contribution in [0, 0.1) is 5.92 Å². The van der Waals surface area contributed by atoms with Crippen LogP contribution in [0.1, 0.15) is 24.7 Å². The van der Waals surface area contributed by atoms with Crippen molar-refractivity contribution in [2.24, 2.45) is 5.92 Å². The molecule has 1 aliphatic heterocycles. The van der Waals surface area contributed by atoms with Crippen molar-refractivity contribution in [3.05, 3.63) is 36.2 Å². The zero-order chi connectivity index (χ0) is 17.4. The Morgan fingerprint density at radius 3 is 2.64 bits per heavy atom. The first-order chi connectivity index (χ1) is 12.1. The summed E-state index contributed by atoms with van der Waals surface area (Å²) < 4.78 is 37.9. The molecule has 0 radical (unpaired) electrons. The maximum absolute atomic E-state index is 12.6. The summed E-state index contributed by atoms with van der Waals surface area (Å²) in [6.45, 7) is 1.29. The van der Waals surface area contributed by atoms with E-state index < -0.39 is 10.0 Å². The van der Waals surface area contributed by atoms with Crippen LogP contribution in [0.15, 0.2) is 34.7 Å². The summed E-state index contributed by atoms with van der Waals surface area (Å²) in [7, 11) is -1.59. The number of hydrogen-bond donors (Lipinski definition) is 0. The SMILES string of the molecule is COC[C@@H]1CN(S(=O)(=O)C2CC2)C[C@H]1c1nnc(-c2ccccc2)o1. The number of aromatic nitrogens is 2. The number of methoxy groups -OCH3 is 1. The highest BCUT2D eigenvalue weighted by atomic mass is 32.2. The maximum Gasteiger partial charge on any atom is 0.247 e. The summed E-state index contributed by atoms with van der Waals surface area (Å²) in [5.74, 6) is 0.811. The van der Waals surface area contributed by atoms with Crippen LogP contribution in [0.5, 0.6) is 0 Å². The lowest BCUT2D eigenvalue weighted by Gasteiger charge is -2.15. The molecule has 1 aromatic carbocycles. The predicted octanol–water partition coefficient (Wildman–Crippen LogP) is 1.89. The maximum atomic E-state index is 12.6. The lowest BCUT2D eigenvalue weighted by atomic mass is 9.97. The topological polar surface area (TPSA) is 85.5 Å². The van der Waals surface area contributed by atoms with Crippen LogP contribution in [0.3, 0.4) is 0 Å². The van der Waals surface area contributed by atoms with Crippen LogP contribution in [0.4, 0.5) is 0 Å². The summed E-state index contributed by atoms with van der Waals surface area (Å²) >= 11 is 0. The van der Waals surface area contributed by atoms with Gasteiger partial charge in [-0.2, -0.15) is 0 Å². The molecule has 0 unspecified atom stereocenters. The van der Waals surface area contributed by atoms with E-state index in [2.05, 4.69) is 10.2 Å². The highest BCUT2D eigenvalue weighted by Crippen LogP contribution is 2.39. The minimum absolute atomic E-state index is 0.0163. The monoisotopic (exact) mass is 363 g/mol. The van der Waals surface area contributed by atoms with E-state index in [4.69, 9.17) is 9.15 Å². The molecule has 2 heterocycles. The second-order valence-electron chi connectivity index (χ2n) is 6.69. The first-order valence-corrected chi connectivity index (χ1v) is 9.96. The number of nitrogens with zero attached hydrogens (tertiary/aromatic N) is 3. The van der Waals surface area contributed by atoms with Gasteiger partial charge in [0.25, 0.3) is 0 Å². The molecule has 8 heteroatoms. The van der Waals surface area contributed by atoms with Crippen LogP contribution >= 0.6 is 0 Å². The van der Waals surface area contributed by atoms with Crippen molar-refractivity contribution in [2.45, 2.75) is 24.0 Å². The summed E-state index contributed by atoms with van der Waals surface area (Å²) in [4.78, 5) is 0. The van der Waals surface area contributed by atoms with Gasteiger partial charge in [0.05, 0.1) is 17.8 Å². The van der Waals surface area contributed by atoms with Crippen LogP contribution < -0.4 is 0 Å². The minimum Gasteiger partial charge on any atom is -0.420 e. The number of ether oxygens (including phenoxy) is 1. The molecule has 1 aliphatic carbocycles. The smallest absolute Gasteiger partial charge is 0.247 e. The van der Waals surface area contributed by atoms with Crippen molar-refractivity contribution in [1.82, 2.24) is 14.5 Å². The minimum atomic E-state index is -3.22. The highest BCUT2D eigenvalue weighted by molar-refractivity contribution is 7.90. The molecule has 0 N–H and O–H groups in total. The Labute approximate surface area is 147 Å². The van der Waals surface area contributed by atoms with Crippen LogP contribution in [-0.4, -0.2) is 55.0 Å². The zero-order valence-electron chi connectivity index (χ0n) is 14.0. The number of sulfonamides is 1. The molecule has 4 rings (SSSR count). The Balaban J connectivity index is 1.58. The summed E-state index contributed by atoms with van der Waals surface area (Å²) in [6, 6.07) is 9.55. The van der Waals surface area contributed by atoms with Crippen LogP contribution in [0.25, 0.3) is 11.5 Å². The first kappa shape index (κ1) is 16.7. The molecule has 1 saturated carbocycles. The van der Waals surface area contributed by atoms with Gasteiger partial charge in [0.15, 0.2) is 0 Å². The van der Waals surface area contributed by atoms with E-state index in [0.29, 0.717) is 31.5 Å². The third kappa shape index (κ3) is 3.21. The number of hydrogen-bond acceptors (Lipinski definition) is 6.